The first-order valence-corrected chi connectivity index (χ1v) is 7.86. The first-order chi connectivity index (χ1) is 11.6. The summed E-state index contributed by atoms with van der Waals surface area (Å²) in [6.07, 6.45) is 1.09. The van der Waals surface area contributed by atoms with Crippen molar-refractivity contribution in [1.82, 2.24) is 20.4 Å². The number of H-pyrrole nitrogens is 1. The summed E-state index contributed by atoms with van der Waals surface area (Å²) < 4.78 is 12.9. The van der Waals surface area contributed by atoms with Gasteiger partial charge in [0.05, 0.1) is 6.42 Å². The number of hydrogen-bond acceptors (Lipinski definition) is 3. The monoisotopic (exact) mass is 330 g/mol. The van der Waals surface area contributed by atoms with Crippen molar-refractivity contribution in [3.05, 3.63) is 53.1 Å². The van der Waals surface area contributed by atoms with Crippen LogP contribution in [0.5, 0.6) is 0 Å². The first-order valence-electron chi connectivity index (χ1n) is 7.86. The molecule has 1 saturated heterocycles. The van der Waals surface area contributed by atoms with Crippen molar-refractivity contribution >= 4 is 11.8 Å². The number of rotatable bonds is 4. The molecule has 24 heavy (non-hydrogen) atoms. The highest BCUT2D eigenvalue weighted by atomic mass is 19.1. The van der Waals surface area contributed by atoms with Gasteiger partial charge in [-0.05, 0) is 30.2 Å². The maximum Gasteiger partial charge on any atom is 0.271 e. The van der Waals surface area contributed by atoms with Crippen LogP contribution in [0.1, 0.15) is 34.1 Å². The minimum atomic E-state index is -0.307. The molecule has 1 aliphatic rings. The number of carbonyl (C=O) groups excluding carboxylic acids is 2. The molecule has 2 heterocycles. The zero-order valence-electron chi connectivity index (χ0n) is 13.4. The number of halogens is 1. The Hall–Kier alpha value is -2.70. The summed E-state index contributed by atoms with van der Waals surface area (Å²) in [5, 5.41) is 9.42. The average molecular weight is 330 g/mol. The molecule has 126 valence electrons. The summed E-state index contributed by atoms with van der Waals surface area (Å²) in [4.78, 5) is 25.7. The van der Waals surface area contributed by atoms with E-state index in [2.05, 4.69) is 15.5 Å². The SMILES string of the molecule is CNC(=O)c1cc([C@@H]2CCN(C(=O)Cc3ccc(F)cc3)C2)[nH]n1. The standard InChI is InChI=1S/C17H19FN4O2/c1-19-17(24)15-9-14(20-21-15)12-6-7-22(10-12)16(23)8-11-2-4-13(18)5-3-11/h2-5,9,12H,6-8,10H2,1H3,(H,19,24)(H,20,21)/t12-/m1/s1. The van der Waals surface area contributed by atoms with Crippen LogP contribution in [0.2, 0.25) is 0 Å². The van der Waals surface area contributed by atoms with Crippen LogP contribution in [0.3, 0.4) is 0 Å². The lowest BCUT2D eigenvalue weighted by Gasteiger charge is -2.16. The van der Waals surface area contributed by atoms with Crippen LogP contribution in [0.15, 0.2) is 30.3 Å². The highest BCUT2D eigenvalue weighted by Gasteiger charge is 2.28. The third-order valence-corrected chi connectivity index (χ3v) is 4.31. The molecule has 1 atom stereocenters. The van der Waals surface area contributed by atoms with Crippen molar-refractivity contribution in [1.29, 1.82) is 0 Å². The lowest BCUT2D eigenvalue weighted by atomic mass is 10.0. The number of hydrogen-bond donors (Lipinski definition) is 2. The molecule has 0 unspecified atom stereocenters. The van der Waals surface area contributed by atoms with Gasteiger partial charge >= 0.3 is 0 Å². The van der Waals surface area contributed by atoms with Crippen molar-refractivity contribution in [3.8, 4) is 0 Å². The Morgan fingerprint density at radius 2 is 2.12 bits per heavy atom. The molecule has 0 aliphatic carbocycles. The van der Waals surface area contributed by atoms with E-state index in [0.717, 1.165) is 17.7 Å². The Bertz CT molecular complexity index is 741. The smallest absolute Gasteiger partial charge is 0.271 e. The third kappa shape index (κ3) is 3.45. The van der Waals surface area contributed by atoms with Crippen molar-refractivity contribution < 1.29 is 14.0 Å². The molecule has 7 heteroatoms. The molecular formula is C17H19FN4O2. The molecule has 1 aromatic carbocycles. The normalized spacial score (nSPS) is 17.1. The number of benzene rings is 1. The molecule has 0 saturated carbocycles. The van der Waals surface area contributed by atoms with E-state index in [4.69, 9.17) is 0 Å². The minimum absolute atomic E-state index is 0.0233. The molecule has 0 spiro atoms. The summed E-state index contributed by atoms with van der Waals surface area (Å²) in [7, 11) is 1.56. The Labute approximate surface area is 139 Å². The maximum atomic E-state index is 12.9. The minimum Gasteiger partial charge on any atom is -0.354 e. The molecule has 0 radical (unpaired) electrons. The van der Waals surface area contributed by atoms with E-state index in [1.807, 2.05) is 0 Å². The number of aromatic amines is 1. The highest BCUT2D eigenvalue weighted by molar-refractivity contribution is 5.92. The number of aromatic nitrogens is 2. The average Bonchev–Trinajstić information content (AvgIpc) is 3.25. The predicted octanol–water partition coefficient (Wildman–Crippen LogP) is 1.47. The van der Waals surface area contributed by atoms with Crippen LogP contribution in [0.4, 0.5) is 4.39 Å². The fraction of sp³-hybridized carbons (Fsp3) is 0.353. The van der Waals surface area contributed by atoms with Gasteiger partial charge in [-0.3, -0.25) is 14.7 Å². The van der Waals surface area contributed by atoms with E-state index in [1.54, 1.807) is 30.1 Å². The fourth-order valence-corrected chi connectivity index (χ4v) is 2.92. The van der Waals surface area contributed by atoms with Gasteiger partial charge in [-0.2, -0.15) is 5.10 Å². The van der Waals surface area contributed by atoms with Gasteiger partial charge in [-0.15, -0.1) is 0 Å². The van der Waals surface area contributed by atoms with Crippen LogP contribution in [0, 0.1) is 5.82 Å². The Morgan fingerprint density at radius 1 is 1.38 bits per heavy atom. The van der Waals surface area contributed by atoms with E-state index in [-0.39, 0.29) is 30.0 Å². The summed E-state index contributed by atoms with van der Waals surface area (Å²) >= 11 is 0. The summed E-state index contributed by atoms with van der Waals surface area (Å²) in [5.74, 6) is -0.374. The second kappa shape index (κ2) is 6.82. The third-order valence-electron chi connectivity index (χ3n) is 4.31. The molecule has 2 aromatic rings. The number of amides is 2. The van der Waals surface area contributed by atoms with Crippen LogP contribution in [0.25, 0.3) is 0 Å². The number of likely N-dealkylation sites (tertiary alicyclic amines) is 1. The van der Waals surface area contributed by atoms with Gasteiger partial charge in [-0.1, -0.05) is 12.1 Å². The molecule has 1 aromatic heterocycles. The van der Waals surface area contributed by atoms with Crippen molar-refractivity contribution in [2.45, 2.75) is 18.8 Å². The van der Waals surface area contributed by atoms with Gasteiger partial charge in [0.1, 0.15) is 11.5 Å². The molecule has 3 rings (SSSR count). The van der Waals surface area contributed by atoms with Gasteiger partial charge < -0.3 is 10.2 Å². The molecule has 2 N–H and O–H groups in total. The second-order valence-electron chi connectivity index (χ2n) is 5.92. The van der Waals surface area contributed by atoms with Crippen LogP contribution in [-0.2, 0) is 11.2 Å². The second-order valence-corrected chi connectivity index (χ2v) is 5.92. The summed E-state index contributed by atoms with van der Waals surface area (Å²) in [5.41, 5.74) is 2.02. The van der Waals surface area contributed by atoms with Gasteiger partial charge in [-0.25, -0.2) is 4.39 Å². The molecule has 0 bridgehead atoms. The van der Waals surface area contributed by atoms with E-state index < -0.39 is 0 Å². The lowest BCUT2D eigenvalue weighted by Crippen LogP contribution is -2.29. The molecule has 1 aliphatic heterocycles. The largest absolute Gasteiger partial charge is 0.354 e. The zero-order valence-corrected chi connectivity index (χ0v) is 13.4. The lowest BCUT2D eigenvalue weighted by molar-refractivity contribution is -0.129. The van der Waals surface area contributed by atoms with Crippen LogP contribution >= 0.6 is 0 Å². The van der Waals surface area contributed by atoms with Crippen molar-refractivity contribution in [2.75, 3.05) is 20.1 Å². The van der Waals surface area contributed by atoms with Crippen LogP contribution in [-0.4, -0.2) is 47.0 Å². The first kappa shape index (κ1) is 16.2. The Morgan fingerprint density at radius 3 is 2.83 bits per heavy atom. The van der Waals surface area contributed by atoms with E-state index in [0.29, 0.717) is 18.8 Å². The van der Waals surface area contributed by atoms with Crippen LogP contribution < -0.4 is 5.32 Å². The number of carbonyl (C=O) groups is 2. The van der Waals surface area contributed by atoms with Gasteiger partial charge in [0, 0.05) is 31.7 Å². The molecular weight excluding hydrogens is 311 g/mol. The van der Waals surface area contributed by atoms with Crippen molar-refractivity contribution in [2.24, 2.45) is 0 Å². The van der Waals surface area contributed by atoms with Gasteiger partial charge in [0.2, 0.25) is 5.91 Å². The van der Waals surface area contributed by atoms with E-state index >= 15 is 0 Å². The van der Waals surface area contributed by atoms with E-state index in [9.17, 15) is 14.0 Å². The van der Waals surface area contributed by atoms with Gasteiger partial charge in [0.15, 0.2) is 0 Å². The number of nitrogens with one attached hydrogen (secondary N) is 2. The molecule has 6 nitrogen and oxygen atoms in total. The Kier molecular flexibility index (Phi) is 4.59. The summed E-state index contributed by atoms with van der Waals surface area (Å²) in [6, 6.07) is 7.72. The van der Waals surface area contributed by atoms with E-state index in [1.165, 1.54) is 12.1 Å². The highest BCUT2D eigenvalue weighted by Crippen LogP contribution is 2.26. The quantitative estimate of drug-likeness (QED) is 0.891. The molecule has 1 fully saturated rings. The number of nitrogens with zero attached hydrogens (tertiary/aromatic N) is 2. The maximum absolute atomic E-state index is 12.9. The van der Waals surface area contributed by atoms with Gasteiger partial charge in [0.25, 0.3) is 5.91 Å². The topological polar surface area (TPSA) is 78.1 Å². The summed E-state index contributed by atoms with van der Waals surface area (Å²) in [6.45, 7) is 1.26. The fourth-order valence-electron chi connectivity index (χ4n) is 2.92. The van der Waals surface area contributed by atoms with Crippen molar-refractivity contribution in [3.63, 3.8) is 0 Å². The molecule has 2 amide bonds. The zero-order chi connectivity index (χ0) is 17.1. The Balaban J connectivity index is 1.60. The predicted molar refractivity (Wildman–Crippen MR) is 86.0 cm³/mol.